The van der Waals surface area contributed by atoms with Gasteiger partial charge in [-0.3, -0.25) is 43.0 Å². The number of halogens is 3. The van der Waals surface area contributed by atoms with Crippen molar-refractivity contribution in [1.29, 1.82) is 0 Å². The molecule has 0 saturated carbocycles. The van der Waals surface area contributed by atoms with Crippen molar-refractivity contribution >= 4 is 54.1 Å². The first-order chi connectivity index (χ1) is 12.0. The Labute approximate surface area is 187 Å². The number of hydrogen-bond acceptors (Lipinski definition) is 9. The molecule has 0 fully saturated rings. The van der Waals surface area contributed by atoms with E-state index in [4.69, 9.17) is 56.7 Å². The summed E-state index contributed by atoms with van der Waals surface area (Å²) >= 11 is 0. The summed E-state index contributed by atoms with van der Waals surface area (Å²) < 4.78 is 135. The molecule has 0 aromatic rings. The Kier molecular flexibility index (Phi) is 31.5. The molecule has 18 nitrogen and oxygen atoms in total. The number of rotatable bonds is 0. The normalized spacial score (nSPS) is 11.3. The van der Waals surface area contributed by atoms with Crippen LogP contribution in [0.2, 0.25) is 0 Å². The third-order valence-corrected chi connectivity index (χ3v) is 0. The molecule has 0 amide bonds. The second-order valence-electron chi connectivity index (χ2n) is 3.62. The van der Waals surface area contributed by atoms with Gasteiger partial charge in [-0.05, 0) is 0 Å². The van der Waals surface area contributed by atoms with Gasteiger partial charge in [0.1, 0.15) is 0 Å². The van der Waals surface area contributed by atoms with Crippen LogP contribution in [0.15, 0.2) is 0 Å². The van der Waals surface area contributed by atoms with E-state index < -0.39 is 54.1 Å². The van der Waals surface area contributed by atoms with Crippen molar-refractivity contribution in [2.24, 2.45) is 0 Å². The Morgan fingerprint density at radius 3 is 0.516 bits per heavy atom. The maximum absolute atomic E-state index is 10.4. The van der Waals surface area contributed by atoms with E-state index in [1.54, 1.807) is 0 Å². The first kappa shape index (κ1) is 48.9. The van der Waals surface area contributed by atoms with E-state index in [0.717, 1.165) is 0 Å². The predicted octanol–water partition coefficient (Wildman–Crippen LogP) is -4.23. The zero-order chi connectivity index (χ0) is 27.0. The van der Waals surface area contributed by atoms with E-state index in [9.17, 15) is 37.8 Å². The van der Waals surface area contributed by atoms with Crippen LogP contribution in [0, 0.1) is 0 Å². The van der Waals surface area contributed by atoms with Crippen LogP contribution in [0.1, 0.15) is 1.43 Å². The fraction of sp³-hybridized carbons (Fsp3) is 1.00. The SMILES string of the molecule is CS(=O)(=O)O.CS(=O)(=O)O.CS(=O)(=O)O.O=P(O)(O)F.O=P(O)(O)F.O=P(O)(O)F.[H-].[Li+]. The van der Waals surface area contributed by atoms with Crippen molar-refractivity contribution < 1.29 is 115 Å². The Bertz CT molecular complexity index is 719. The quantitative estimate of drug-likeness (QED) is 0.0726. The van der Waals surface area contributed by atoms with Crippen molar-refractivity contribution in [1.82, 2.24) is 0 Å². The minimum Gasteiger partial charge on any atom is -1.00 e. The Balaban J connectivity index is -0.0000000356. The summed E-state index contributed by atoms with van der Waals surface area (Å²) in [6, 6.07) is 0. The van der Waals surface area contributed by atoms with Crippen molar-refractivity contribution in [2.75, 3.05) is 18.8 Å². The van der Waals surface area contributed by atoms with E-state index >= 15 is 0 Å². The fourth-order valence-corrected chi connectivity index (χ4v) is 0. The van der Waals surface area contributed by atoms with Gasteiger partial charge in [-0.15, -0.1) is 12.6 Å². The molecule has 0 saturated heterocycles. The predicted molar refractivity (Wildman–Crippen MR) is 93.0 cm³/mol. The monoisotopic (exact) mass is 596 g/mol. The van der Waals surface area contributed by atoms with Gasteiger partial charge >= 0.3 is 42.6 Å². The molecule has 0 unspecified atom stereocenters. The standard InChI is InChI=1S/3CH4O3S.3FH2O3P.Li.H/c6*1-5(2,3)4;;/h3*1H3,(H,2,3,4);3*(H2,2,3,4);;/q;;;;;;+1;-1. The summed E-state index contributed by atoms with van der Waals surface area (Å²) in [6.45, 7) is 0. The average molecular weight is 596 g/mol. The maximum Gasteiger partial charge on any atom is 1.00 e. The van der Waals surface area contributed by atoms with E-state index in [0.29, 0.717) is 18.8 Å². The molecule has 0 rings (SSSR count). The average Bonchev–Trinajstić information content (AvgIpc) is 1.94. The molecule has 0 aromatic heterocycles. The summed E-state index contributed by atoms with van der Waals surface area (Å²) in [5.74, 6) is 0. The number of hydrogen-bond donors (Lipinski definition) is 9. The van der Waals surface area contributed by atoms with Crippen LogP contribution >= 0.6 is 23.7 Å². The summed E-state index contributed by atoms with van der Waals surface area (Å²) in [4.78, 5) is 41.8. The van der Waals surface area contributed by atoms with Crippen LogP contribution < -0.4 is 18.9 Å². The first-order valence-corrected chi connectivity index (χ1v) is 15.1. The van der Waals surface area contributed by atoms with Gasteiger partial charge in [0.15, 0.2) is 0 Å². The van der Waals surface area contributed by atoms with Crippen molar-refractivity contribution in [3.63, 3.8) is 0 Å². The second kappa shape index (κ2) is 20.0. The minimum atomic E-state index is -5.14. The minimum absolute atomic E-state index is 0. The maximum atomic E-state index is 10.4. The first-order valence-electron chi connectivity index (χ1n) is 5.03. The van der Waals surface area contributed by atoms with Crippen LogP contribution in [0.25, 0.3) is 0 Å². The van der Waals surface area contributed by atoms with Crippen molar-refractivity contribution in [2.45, 2.75) is 0 Å². The Morgan fingerprint density at radius 1 is 0.516 bits per heavy atom. The topological polar surface area (TPSA) is 336 Å². The molecule has 0 aliphatic carbocycles. The molecular formula is C3H19F3LiO18P3S3. The molecule has 0 heterocycles. The summed E-state index contributed by atoms with van der Waals surface area (Å²) in [7, 11) is -26.4. The van der Waals surface area contributed by atoms with Gasteiger partial charge in [-0.2, -0.15) is 25.3 Å². The third kappa shape index (κ3) is 77500. The van der Waals surface area contributed by atoms with Gasteiger partial charge in [0.2, 0.25) is 0 Å². The molecule has 0 aliphatic rings. The molecule has 0 aromatic carbocycles. The van der Waals surface area contributed by atoms with Crippen molar-refractivity contribution in [3.05, 3.63) is 0 Å². The van der Waals surface area contributed by atoms with Crippen molar-refractivity contribution in [3.8, 4) is 0 Å². The van der Waals surface area contributed by atoms with Crippen LogP contribution in [0.4, 0.5) is 12.6 Å². The molecule has 0 atom stereocenters. The smallest absolute Gasteiger partial charge is 1.00 e. The Hall–Kier alpha value is 0.567. The molecule has 31 heavy (non-hydrogen) atoms. The van der Waals surface area contributed by atoms with Crippen LogP contribution in [-0.2, 0) is 44.0 Å². The van der Waals surface area contributed by atoms with Crippen LogP contribution in [0.5, 0.6) is 0 Å². The second-order valence-corrected chi connectivity index (χ2v) is 10.9. The van der Waals surface area contributed by atoms with Gasteiger partial charge in [-0.1, -0.05) is 0 Å². The van der Waals surface area contributed by atoms with E-state index in [2.05, 4.69) is 0 Å². The van der Waals surface area contributed by atoms with E-state index in [1.165, 1.54) is 0 Å². The molecule has 0 radical (unpaired) electrons. The van der Waals surface area contributed by atoms with E-state index in [1.807, 2.05) is 0 Å². The van der Waals surface area contributed by atoms with Gasteiger partial charge < -0.3 is 1.43 Å². The van der Waals surface area contributed by atoms with Gasteiger partial charge in [0.25, 0.3) is 30.4 Å². The largest absolute Gasteiger partial charge is 1.00 e. The van der Waals surface area contributed by atoms with Crippen LogP contribution in [-0.4, -0.2) is 87.0 Å². The van der Waals surface area contributed by atoms with Gasteiger partial charge in [-0.25, -0.2) is 13.7 Å². The molecular weight excluding hydrogens is 577 g/mol. The molecule has 9 N–H and O–H groups in total. The Morgan fingerprint density at radius 2 is 0.516 bits per heavy atom. The summed E-state index contributed by atoms with van der Waals surface area (Å²) in [5, 5.41) is 0. The zero-order valence-electron chi connectivity index (χ0n) is 16.4. The zero-order valence-corrected chi connectivity index (χ0v) is 20.5. The van der Waals surface area contributed by atoms with E-state index in [-0.39, 0.29) is 20.3 Å². The molecule has 0 aliphatic heterocycles. The van der Waals surface area contributed by atoms with Gasteiger partial charge in [0.05, 0.1) is 18.8 Å². The molecule has 28 heteroatoms. The summed E-state index contributed by atoms with van der Waals surface area (Å²) in [6.07, 6.45) is 2.15. The third-order valence-electron chi connectivity index (χ3n) is 0. The van der Waals surface area contributed by atoms with Crippen LogP contribution in [0.3, 0.4) is 0 Å². The summed E-state index contributed by atoms with van der Waals surface area (Å²) in [5.41, 5.74) is 0. The molecule has 0 spiro atoms. The molecule has 194 valence electrons. The molecule has 0 bridgehead atoms. The van der Waals surface area contributed by atoms with Gasteiger partial charge in [0, 0.05) is 0 Å². The fourth-order valence-electron chi connectivity index (χ4n) is 0.